The van der Waals surface area contributed by atoms with Crippen LogP contribution in [0.2, 0.25) is 5.02 Å². The number of amides is 1. The highest BCUT2D eigenvalue weighted by atomic mass is 35.5. The van der Waals surface area contributed by atoms with E-state index < -0.39 is 0 Å². The molecule has 0 aliphatic carbocycles. The number of benzene rings is 1. The standard InChI is InChI=1S/C19H26ClN3O2S/c1-11(2)9-23-18(25)15-8-14(20)6-7-16(15)22-19(23)26-10-17(24)21-13(5)12(3)4/h6-8,11-13H,9-10H2,1-5H3,(H,21,24). The minimum atomic E-state index is -0.121. The van der Waals surface area contributed by atoms with Crippen molar-refractivity contribution in [2.75, 3.05) is 5.75 Å². The Hall–Kier alpha value is -1.53. The van der Waals surface area contributed by atoms with Crippen LogP contribution in [-0.2, 0) is 11.3 Å². The van der Waals surface area contributed by atoms with Crippen LogP contribution in [0.5, 0.6) is 0 Å². The van der Waals surface area contributed by atoms with Crippen molar-refractivity contribution in [2.45, 2.75) is 52.4 Å². The van der Waals surface area contributed by atoms with Crippen LogP contribution in [0.25, 0.3) is 10.9 Å². The molecular weight excluding hydrogens is 370 g/mol. The number of fused-ring (bicyclic) bond motifs is 1. The molecule has 1 heterocycles. The number of carbonyl (C=O) groups is 1. The third-order valence-electron chi connectivity index (χ3n) is 4.15. The van der Waals surface area contributed by atoms with Gasteiger partial charge in [-0.05, 0) is 37.0 Å². The quantitative estimate of drug-likeness (QED) is 0.569. The summed E-state index contributed by atoms with van der Waals surface area (Å²) < 4.78 is 1.65. The van der Waals surface area contributed by atoms with Crippen LogP contribution in [0.15, 0.2) is 28.2 Å². The zero-order valence-corrected chi connectivity index (χ0v) is 17.4. The van der Waals surface area contributed by atoms with Gasteiger partial charge in [0.25, 0.3) is 5.56 Å². The minimum Gasteiger partial charge on any atom is -0.353 e. The van der Waals surface area contributed by atoms with Crippen molar-refractivity contribution >= 4 is 40.2 Å². The highest BCUT2D eigenvalue weighted by molar-refractivity contribution is 7.99. The normalized spacial score (nSPS) is 12.8. The van der Waals surface area contributed by atoms with Crippen molar-refractivity contribution in [3.63, 3.8) is 0 Å². The number of nitrogens with zero attached hydrogens (tertiary/aromatic N) is 2. The van der Waals surface area contributed by atoms with Crippen LogP contribution in [0.3, 0.4) is 0 Å². The molecule has 1 N–H and O–H groups in total. The number of thioether (sulfide) groups is 1. The van der Waals surface area contributed by atoms with E-state index in [1.807, 2.05) is 20.8 Å². The van der Waals surface area contributed by atoms with Crippen molar-refractivity contribution in [3.8, 4) is 0 Å². The summed E-state index contributed by atoms with van der Waals surface area (Å²) in [5.41, 5.74) is 0.475. The summed E-state index contributed by atoms with van der Waals surface area (Å²) in [5.74, 6) is 0.811. The van der Waals surface area contributed by atoms with E-state index in [0.29, 0.717) is 33.5 Å². The number of nitrogens with one attached hydrogen (secondary N) is 1. The molecule has 0 aliphatic rings. The topological polar surface area (TPSA) is 64.0 Å². The van der Waals surface area contributed by atoms with Crippen LogP contribution in [-0.4, -0.2) is 27.3 Å². The van der Waals surface area contributed by atoms with Gasteiger partial charge in [-0.1, -0.05) is 51.1 Å². The van der Waals surface area contributed by atoms with E-state index in [1.165, 1.54) is 11.8 Å². The van der Waals surface area contributed by atoms with E-state index in [1.54, 1.807) is 22.8 Å². The van der Waals surface area contributed by atoms with Gasteiger partial charge >= 0.3 is 0 Å². The first kappa shape index (κ1) is 20.8. The monoisotopic (exact) mass is 395 g/mol. The van der Waals surface area contributed by atoms with Gasteiger partial charge in [0.2, 0.25) is 5.91 Å². The van der Waals surface area contributed by atoms with Crippen molar-refractivity contribution in [1.82, 2.24) is 14.9 Å². The molecule has 26 heavy (non-hydrogen) atoms. The molecule has 0 aliphatic heterocycles. The van der Waals surface area contributed by atoms with E-state index in [9.17, 15) is 9.59 Å². The first-order valence-electron chi connectivity index (χ1n) is 8.81. The van der Waals surface area contributed by atoms with Crippen LogP contribution in [0.4, 0.5) is 0 Å². The zero-order valence-electron chi connectivity index (χ0n) is 15.9. The molecule has 0 radical (unpaired) electrons. The number of carbonyl (C=O) groups excluding carboxylic acids is 1. The summed E-state index contributed by atoms with van der Waals surface area (Å²) in [6.07, 6.45) is 0. The second-order valence-corrected chi connectivity index (χ2v) is 8.63. The summed E-state index contributed by atoms with van der Waals surface area (Å²) in [5, 5.41) is 4.55. The SMILES string of the molecule is CC(C)Cn1c(SCC(=O)NC(C)C(C)C)nc2ccc(Cl)cc2c1=O. The predicted molar refractivity (Wildman–Crippen MR) is 109 cm³/mol. The Balaban J connectivity index is 2.31. The summed E-state index contributed by atoms with van der Waals surface area (Å²) in [7, 11) is 0. The van der Waals surface area contributed by atoms with Gasteiger partial charge in [-0.15, -0.1) is 0 Å². The molecule has 0 spiro atoms. The second kappa shape index (κ2) is 8.91. The molecule has 0 fully saturated rings. The largest absolute Gasteiger partial charge is 0.353 e. The van der Waals surface area contributed by atoms with Gasteiger partial charge in [-0.25, -0.2) is 4.98 Å². The molecule has 2 rings (SSSR count). The highest BCUT2D eigenvalue weighted by Crippen LogP contribution is 2.21. The Kier molecular flexibility index (Phi) is 7.12. The van der Waals surface area contributed by atoms with E-state index in [4.69, 9.17) is 11.6 Å². The molecule has 0 saturated carbocycles. The third-order valence-corrected chi connectivity index (χ3v) is 5.36. The molecular formula is C19H26ClN3O2S. The van der Waals surface area contributed by atoms with Crippen molar-refractivity contribution in [3.05, 3.63) is 33.6 Å². The number of halogens is 1. The fourth-order valence-electron chi connectivity index (χ4n) is 2.40. The molecule has 2 aromatic rings. The van der Waals surface area contributed by atoms with E-state index >= 15 is 0 Å². The van der Waals surface area contributed by atoms with E-state index in [2.05, 4.69) is 24.1 Å². The van der Waals surface area contributed by atoms with Crippen LogP contribution in [0.1, 0.15) is 34.6 Å². The molecule has 1 aromatic carbocycles. The van der Waals surface area contributed by atoms with E-state index in [-0.39, 0.29) is 29.2 Å². The molecule has 5 nitrogen and oxygen atoms in total. The van der Waals surface area contributed by atoms with Crippen molar-refractivity contribution in [2.24, 2.45) is 11.8 Å². The van der Waals surface area contributed by atoms with Gasteiger partial charge in [0.05, 0.1) is 16.7 Å². The zero-order chi connectivity index (χ0) is 19.4. The third kappa shape index (κ3) is 5.24. The maximum atomic E-state index is 12.9. The van der Waals surface area contributed by atoms with Crippen LogP contribution < -0.4 is 10.9 Å². The predicted octanol–water partition coefficient (Wildman–Crippen LogP) is 3.96. The van der Waals surface area contributed by atoms with Crippen LogP contribution >= 0.6 is 23.4 Å². The first-order valence-corrected chi connectivity index (χ1v) is 10.2. The number of rotatable bonds is 7. The highest BCUT2D eigenvalue weighted by Gasteiger charge is 2.16. The maximum absolute atomic E-state index is 12.9. The Morgan fingerprint density at radius 3 is 2.58 bits per heavy atom. The van der Waals surface area contributed by atoms with Crippen molar-refractivity contribution < 1.29 is 4.79 Å². The lowest BCUT2D eigenvalue weighted by molar-refractivity contribution is -0.119. The Morgan fingerprint density at radius 1 is 1.27 bits per heavy atom. The molecule has 1 aromatic heterocycles. The molecule has 0 bridgehead atoms. The van der Waals surface area contributed by atoms with Gasteiger partial charge in [0, 0.05) is 17.6 Å². The molecule has 0 saturated heterocycles. The lowest BCUT2D eigenvalue weighted by atomic mass is 10.1. The summed E-state index contributed by atoms with van der Waals surface area (Å²) >= 11 is 7.32. The molecule has 1 amide bonds. The van der Waals surface area contributed by atoms with Crippen LogP contribution in [0, 0.1) is 11.8 Å². The number of aromatic nitrogens is 2. The van der Waals surface area contributed by atoms with E-state index in [0.717, 1.165) is 0 Å². The summed E-state index contributed by atoms with van der Waals surface area (Å²) in [4.78, 5) is 29.7. The average molecular weight is 396 g/mol. The first-order chi connectivity index (χ1) is 12.2. The van der Waals surface area contributed by atoms with Crippen molar-refractivity contribution in [1.29, 1.82) is 0 Å². The summed E-state index contributed by atoms with van der Waals surface area (Å²) in [6, 6.07) is 5.21. The van der Waals surface area contributed by atoms with Gasteiger partial charge in [-0.3, -0.25) is 14.2 Å². The molecule has 1 unspecified atom stereocenters. The van der Waals surface area contributed by atoms with Gasteiger partial charge in [0.1, 0.15) is 0 Å². The fraction of sp³-hybridized carbons (Fsp3) is 0.526. The molecule has 7 heteroatoms. The molecule has 142 valence electrons. The molecule has 1 atom stereocenters. The lowest BCUT2D eigenvalue weighted by Gasteiger charge is -2.18. The minimum absolute atomic E-state index is 0.0576. The smallest absolute Gasteiger partial charge is 0.262 e. The summed E-state index contributed by atoms with van der Waals surface area (Å²) in [6.45, 7) is 10.7. The Bertz CT molecular complexity index is 849. The maximum Gasteiger partial charge on any atom is 0.262 e. The number of hydrogen-bond acceptors (Lipinski definition) is 4. The Morgan fingerprint density at radius 2 is 1.96 bits per heavy atom. The van der Waals surface area contributed by atoms with Gasteiger partial charge in [0.15, 0.2) is 5.16 Å². The number of hydrogen-bond donors (Lipinski definition) is 1. The average Bonchev–Trinajstić information content (AvgIpc) is 2.56. The Labute approximate surface area is 163 Å². The fourth-order valence-corrected chi connectivity index (χ4v) is 3.39. The second-order valence-electron chi connectivity index (χ2n) is 7.25. The lowest BCUT2D eigenvalue weighted by Crippen LogP contribution is -2.37. The van der Waals surface area contributed by atoms with Gasteiger partial charge < -0.3 is 5.32 Å². The van der Waals surface area contributed by atoms with Gasteiger partial charge in [-0.2, -0.15) is 0 Å².